The third-order valence-corrected chi connectivity index (χ3v) is 2.45. The molecule has 0 spiro atoms. The molecule has 0 aliphatic carbocycles. The Morgan fingerprint density at radius 3 is 2.50 bits per heavy atom. The summed E-state index contributed by atoms with van der Waals surface area (Å²) in [4.78, 5) is 13.6. The largest absolute Gasteiger partial charge is 0.385 e. The molecule has 98 valence electrons. The molecule has 0 aromatic heterocycles. The SMILES string of the molecule is CCCC(C)(N)C(=O)N(C)CCCOC.Cl. The van der Waals surface area contributed by atoms with E-state index < -0.39 is 5.54 Å². The van der Waals surface area contributed by atoms with E-state index >= 15 is 0 Å². The van der Waals surface area contributed by atoms with Gasteiger partial charge in [-0.15, -0.1) is 12.4 Å². The van der Waals surface area contributed by atoms with Gasteiger partial charge in [-0.1, -0.05) is 13.3 Å². The Morgan fingerprint density at radius 1 is 1.50 bits per heavy atom. The number of amides is 1. The summed E-state index contributed by atoms with van der Waals surface area (Å²) in [6.45, 7) is 5.20. The molecule has 0 aromatic carbocycles. The van der Waals surface area contributed by atoms with E-state index in [0.717, 1.165) is 19.3 Å². The van der Waals surface area contributed by atoms with Crippen LogP contribution in [0.4, 0.5) is 0 Å². The van der Waals surface area contributed by atoms with E-state index in [9.17, 15) is 4.79 Å². The molecule has 0 heterocycles. The molecule has 5 heteroatoms. The van der Waals surface area contributed by atoms with E-state index in [0.29, 0.717) is 13.2 Å². The number of methoxy groups -OCH3 is 1. The zero-order valence-corrected chi connectivity index (χ0v) is 11.6. The molecular formula is C11H25ClN2O2. The predicted octanol–water partition coefficient (Wildman–Crippen LogP) is 1.42. The molecule has 2 N–H and O–H groups in total. The van der Waals surface area contributed by atoms with Crippen LogP contribution in [0.2, 0.25) is 0 Å². The van der Waals surface area contributed by atoms with Crippen molar-refractivity contribution in [2.45, 2.75) is 38.6 Å². The van der Waals surface area contributed by atoms with Gasteiger partial charge >= 0.3 is 0 Å². The van der Waals surface area contributed by atoms with Gasteiger partial charge in [-0.3, -0.25) is 4.79 Å². The van der Waals surface area contributed by atoms with Crippen molar-refractivity contribution < 1.29 is 9.53 Å². The molecule has 0 aliphatic rings. The minimum atomic E-state index is -0.726. The van der Waals surface area contributed by atoms with Gasteiger partial charge in [0.25, 0.3) is 0 Å². The Hall–Kier alpha value is -0.320. The fraction of sp³-hybridized carbons (Fsp3) is 0.909. The van der Waals surface area contributed by atoms with E-state index in [1.807, 2.05) is 6.92 Å². The van der Waals surface area contributed by atoms with Crippen molar-refractivity contribution >= 4 is 18.3 Å². The third-order valence-electron chi connectivity index (χ3n) is 2.45. The molecular weight excluding hydrogens is 228 g/mol. The Balaban J connectivity index is 0. The Labute approximate surface area is 105 Å². The van der Waals surface area contributed by atoms with E-state index in [-0.39, 0.29) is 18.3 Å². The summed E-state index contributed by atoms with van der Waals surface area (Å²) in [6, 6.07) is 0. The van der Waals surface area contributed by atoms with E-state index in [4.69, 9.17) is 10.5 Å². The molecule has 1 atom stereocenters. The smallest absolute Gasteiger partial charge is 0.242 e. The van der Waals surface area contributed by atoms with Gasteiger partial charge in [-0.05, 0) is 19.8 Å². The first kappa shape index (κ1) is 18.1. The molecule has 0 bridgehead atoms. The molecule has 4 nitrogen and oxygen atoms in total. The van der Waals surface area contributed by atoms with E-state index in [1.165, 1.54) is 0 Å². The first-order valence-electron chi connectivity index (χ1n) is 5.49. The maximum absolute atomic E-state index is 11.9. The molecule has 0 fully saturated rings. The van der Waals surface area contributed by atoms with Crippen LogP contribution in [0.15, 0.2) is 0 Å². The van der Waals surface area contributed by atoms with Crippen LogP contribution < -0.4 is 5.73 Å². The van der Waals surface area contributed by atoms with Crippen molar-refractivity contribution in [3.63, 3.8) is 0 Å². The first-order chi connectivity index (χ1) is 6.95. The molecule has 0 radical (unpaired) electrons. The molecule has 0 saturated heterocycles. The second kappa shape index (κ2) is 8.79. The second-order valence-corrected chi connectivity index (χ2v) is 4.24. The zero-order chi connectivity index (χ0) is 11.9. The number of nitrogens with zero attached hydrogens (tertiary/aromatic N) is 1. The van der Waals surface area contributed by atoms with E-state index in [1.54, 1.807) is 26.0 Å². The molecule has 0 saturated carbocycles. The third kappa shape index (κ3) is 6.30. The number of nitrogens with two attached hydrogens (primary N) is 1. The normalized spacial score (nSPS) is 13.8. The van der Waals surface area contributed by atoms with Gasteiger partial charge in [-0.2, -0.15) is 0 Å². The highest BCUT2D eigenvalue weighted by molar-refractivity contribution is 5.85. The van der Waals surface area contributed by atoms with Gasteiger partial charge in [0.1, 0.15) is 0 Å². The monoisotopic (exact) mass is 252 g/mol. The quantitative estimate of drug-likeness (QED) is 0.698. The lowest BCUT2D eigenvalue weighted by Gasteiger charge is -2.28. The Morgan fingerprint density at radius 2 is 2.06 bits per heavy atom. The van der Waals surface area contributed by atoms with Crippen LogP contribution in [-0.2, 0) is 9.53 Å². The van der Waals surface area contributed by atoms with Crippen molar-refractivity contribution in [2.24, 2.45) is 5.73 Å². The number of likely N-dealkylation sites (N-methyl/N-ethyl adjacent to an activating group) is 1. The number of ether oxygens (including phenoxy) is 1. The van der Waals surface area contributed by atoms with Crippen LogP contribution >= 0.6 is 12.4 Å². The molecule has 0 aliphatic heterocycles. The van der Waals surface area contributed by atoms with Gasteiger partial charge in [0.05, 0.1) is 5.54 Å². The lowest BCUT2D eigenvalue weighted by Crippen LogP contribution is -2.52. The number of hydrogen-bond donors (Lipinski definition) is 1. The second-order valence-electron chi connectivity index (χ2n) is 4.24. The van der Waals surface area contributed by atoms with Crippen LogP contribution in [0.25, 0.3) is 0 Å². The predicted molar refractivity (Wildman–Crippen MR) is 68.9 cm³/mol. The average Bonchev–Trinajstić information content (AvgIpc) is 2.16. The summed E-state index contributed by atoms with van der Waals surface area (Å²) in [5, 5.41) is 0. The van der Waals surface area contributed by atoms with Crippen molar-refractivity contribution in [2.75, 3.05) is 27.3 Å². The van der Waals surface area contributed by atoms with Crippen molar-refractivity contribution in [1.82, 2.24) is 4.90 Å². The molecule has 1 unspecified atom stereocenters. The van der Waals surface area contributed by atoms with Gasteiger partial charge in [0.15, 0.2) is 0 Å². The summed E-state index contributed by atoms with van der Waals surface area (Å²) in [7, 11) is 3.45. The summed E-state index contributed by atoms with van der Waals surface area (Å²) >= 11 is 0. The number of carbonyl (C=O) groups excluding carboxylic acids is 1. The highest BCUT2D eigenvalue weighted by Gasteiger charge is 2.29. The fourth-order valence-electron chi connectivity index (χ4n) is 1.61. The number of hydrogen-bond acceptors (Lipinski definition) is 3. The first-order valence-corrected chi connectivity index (χ1v) is 5.49. The number of carbonyl (C=O) groups is 1. The van der Waals surface area contributed by atoms with Crippen molar-refractivity contribution in [1.29, 1.82) is 0 Å². The van der Waals surface area contributed by atoms with Gasteiger partial charge in [0, 0.05) is 27.3 Å². The topological polar surface area (TPSA) is 55.6 Å². The summed E-state index contributed by atoms with van der Waals surface area (Å²) in [6.07, 6.45) is 2.49. The van der Waals surface area contributed by atoms with Gasteiger partial charge in [-0.25, -0.2) is 0 Å². The Kier molecular flexibility index (Phi) is 9.92. The van der Waals surface area contributed by atoms with Crippen molar-refractivity contribution in [3.05, 3.63) is 0 Å². The zero-order valence-electron chi connectivity index (χ0n) is 10.8. The minimum Gasteiger partial charge on any atom is -0.385 e. The maximum atomic E-state index is 11.9. The van der Waals surface area contributed by atoms with Crippen LogP contribution in [0.3, 0.4) is 0 Å². The van der Waals surface area contributed by atoms with Crippen LogP contribution in [-0.4, -0.2) is 43.7 Å². The molecule has 1 amide bonds. The lowest BCUT2D eigenvalue weighted by atomic mass is 9.96. The van der Waals surface area contributed by atoms with Crippen LogP contribution in [0.1, 0.15) is 33.1 Å². The highest BCUT2D eigenvalue weighted by atomic mass is 35.5. The number of halogens is 1. The Bertz CT molecular complexity index is 198. The minimum absolute atomic E-state index is 0. The number of rotatable bonds is 7. The standard InChI is InChI=1S/C11H24N2O2.ClH/c1-5-7-11(2,12)10(14)13(3)8-6-9-15-4;/h5-9,12H2,1-4H3;1H. The summed E-state index contributed by atoms with van der Waals surface area (Å²) in [5.41, 5.74) is 5.23. The van der Waals surface area contributed by atoms with Gasteiger partial charge < -0.3 is 15.4 Å². The average molecular weight is 253 g/mol. The van der Waals surface area contributed by atoms with Crippen LogP contribution in [0.5, 0.6) is 0 Å². The van der Waals surface area contributed by atoms with Gasteiger partial charge in [0.2, 0.25) is 5.91 Å². The molecule has 0 rings (SSSR count). The summed E-state index contributed by atoms with van der Waals surface area (Å²) < 4.78 is 4.94. The van der Waals surface area contributed by atoms with E-state index in [2.05, 4.69) is 0 Å². The van der Waals surface area contributed by atoms with Crippen LogP contribution in [0, 0.1) is 0 Å². The molecule has 0 aromatic rings. The fourth-order valence-corrected chi connectivity index (χ4v) is 1.61. The maximum Gasteiger partial charge on any atom is 0.242 e. The highest BCUT2D eigenvalue weighted by Crippen LogP contribution is 2.11. The summed E-state index contributed by atoms with van der Waals surface area (Å²) in [5.74, 6) is 0.0143. The van der Waals surface area contributed by atoms with Crippen molar-refractivity contribution in [3.8, 4) is 0 Å². The molecule has 16 heavy (non-hydrogen) atoms. The lowest BCUT2D eigenvalue weighted by molar-refractivity contribution is -0.135.